The molecule has 0 atom stereocenters. The molecular weight excluding hydrogens is 324 g/mol. The number of halogens is 2. The van der Waals surface area contributed by atoms with E-state index in [2.05, 4.69) is 37.9 Å². The molecule has 0 aliphatic heterocycles. The Morgan fingerprint density at radius 3 is 2.53 bits per heavy atom. The molecule has 0 aliphatic rings. The fourth-order valence-corrected chi connectivity index (χ4v) is 2.10. The molecule has 15 heavy (non-hydrogen) atoms. The van der Waals surface area contributed by atoms with Crippen LogP contribution in [0.5, 0.6) is 0 Å². The van der Waals surface area contributed by atoms with Crippen LogP contribution in [-0.4, -0.2) is 5.97 Å². The molecule has 0 heterocycles. The molecule has 0 unspecified atom stereocenters. The van der Waals surface area contributed by atoms with Gasteiger partial charge >= 0.3 is 5.97 Å². The quantitative estimate of drug-likeness (QED) is 0.621. The van der Waals surface area contributed by atoms with Crippen molar-refractivity contribution in [3.05, 3.63) is 34.9 Å². The smallest absolute Gasteiger partial charge is 0.302 e. The molecule has 0 radical (unpaired) electrons. The van der Waals surface area contributed by atoms with Gasteiger partial charge in [0, 0.05) is 17.6 Å². The lowest BCUT2D eigenvalue weighted by Crippen LogP contribution is -2.01. The van der Waals surface area contributed by atoms with Crippen molar-refractivity contribution in [3.8, 4) is 0 Å². The zero-order chi connectivity index (χ0) is 11.3. The third-order valence-electron chi connectivity index (χ3n) is 2.00. The Bertz CT molecular complexity index is 350. The number of carbonyl (C=O) groups is 1. The minimum atomic E-state index is -0.250. The van der Waals surface area contributed by atoms with Crippen LogP contribution in [0, 0.1) is 0 Å². The summed E-state index contributed by atoms with van der Waals surface area (Å²) < 4.78 is 4.99. The number of ether oxygens (including phenoxy) is 1. The monoisotopic (exact) mass is 334 g/mol. The van der Waals surface area contributed by atoms with Crippen molar-refractivity contribution < 1.29 is 9.53 Å². The maximum Gasteiger partial charge on any atom is 0.302 e. The van der Waals surface area contributed by atoms with Crippen LogP contribution in [0.4, 0.5) is 0 Å². The van der Waals surface area contributed by atoms with E-state index in [4.69, 9.17) is 4.74 Å². The number of benzene rings is 1. The lowest BCUT2D eigenvalue weighted by atomic mass is 10.1. The number of hydrogen-bond acceptors (Lipinski definition) is 2. The molecule has 0 spiro atoms. The van der Waals surface area contributed by atoms with Gasteiger partial charge in [-0.2, -0.15) is 0 Å². The van der Waals surface area contributed by atoms with Crippen molar-refractivity contribution >= 4 is 37.8 Å². The zero-order valence-electron chi connectivity index (χ0n) is 8.43. The summed E-state index contributed by atoms with van der Waals surface area (Å²) in [5.41, 5.74) is 3.39. The molecule has 0 amide bonds. The Morgan fingerprint density at radius 1 is 1.27 bits per heavy atom. The fourth-order valence-electron chi connectivity index (χ4n) is 1.21. The molecule has 0 bridgehead atoms. The molecule has 1 aromatic rings. The van der Waals surface area contributed by atoms with Crippen LogP contribution in [-0.2, 0) is 26.8 Å². The highest BCUT2D eigenvalue weighted by atomic mass is 79.9. The number of hydrogen-bond donors (Lipinski definition) is 0. The summed E-state index contributed by atoms with van der Waals surface area (Å²) in [5.74, 6) is -0.250. The van der Waals surface area contributed by atoms with Crippen molar-refractivity contribution in [1.82, 2.24) is 0 Å². The van der Waals surface area contributed by atoms with Gasteiger partial charge in [0.15, 0.2) is 0 Å². The van der Waals surface area contributed by atoms with E-state index in [0.717, 1.165) is 21.8 Å². The first-order valence-corrected chi connectivity index (χ1v) is 6.77. The van der Waals surface area contributed by atoms with Crippen LogP contribution >= 0.6 is 31.9 Å². The van der Waals surface area contributed by atoms with Crippen LogP contribution in [0.1, 0.15) is 23.6 Å². The summed E-state index contributed by atoms with van der Waals surface area (Å²) in [6.45, 7) is 1.76. The molecule has 0 N–H and O–H groups in total. The largest absolute Gasteiger partial charge is 0.461 e. The molecule has 0 saturated carbocycles. The van der Waals surface area contributed by atoms with E-state index < -0.39 is 0 Å². The number of esters is 1. The van der Waals surface area contributed by atoms with Crippen molar-refractivity contribution in [3.63, 3.8) is 0 Å². The minimum absolute atomic E-state index is 0.250. The van der Waals surface area contributed by atoms with Crippen LogP contribution in [0.3, 0.4) is 0 Å². The summed E-state index contributed by atoms with van der Waals surface area (Å²) in [6.07, 6.45) is 0. The summed E-state index contributed by atoms with van der Waals surface area (Å²) >= 11 is 6.81. The number of carbonyl (C=O) groups excluding carboxylic acids is 1. The summed E-state index contributed by atoms with van der Waals surface area (Å²) in [5, 5.41) is 1.58. The molecule has 1 aromatic carbocycles. The molecule has 0 aromatic heterocycles. The van der Waals surface area contributed by atoms with Gasteiger partial charge in [0.1, 0.15) is 6.61 Å². The van der Waals surface area contributed by atoms with E-state index in [-0.39, 0.29) is 5.97 Å². The average molecular weight is 336 g/mol. The lowest BCUT2D eigenvalue weighted by molar-refractivity contribution is -0.142. The van der Waals surface area contributed by atoms with Gasteiger partial charge in [0.05, 0.1) is 0 Å². The highest BCUT2D eigenvalue weighted by Gasteiger charge is 2.04. The van der Waals surface area contributed by atoms with Gasteiger partial charge < -0.3 is 4.74 Å². The Labute approximate surface area is 106 Å². The van der Waals surface area contributed by atoms with Gasteiger partial charge in [-0.1, -0.05) is 50.1 Å². The molecule has 0 aliphatic carbocycles. The summed E-state index contributed by atoms with van der Waals surface area (Å²) in [6, 6.07) is 6.15. The maximum absolute atomic E-state index is 10.7. The van der Waals surface area contributed by atoms with E-state index in [1.165, 1.54) is 12.5 Å². The van der Waals surface area contributed by atoms with Crippen molar-refractivity contribution in [2.75, 3.05) is 0 Å². The van der Waals surface area contributed by atoms with Gasteiger partial charge in [-0.05, 0) is 16.7 Å². The Hall–Kier alpha value is -0.350. The van der Waals surface area contributed by atoms with Gasteiger partial charge in [-0.25, -0.2) is 0 Å². The SMILES string of the molecule is CC(=O)OCc1cc(CBr)ccc1CBr. The van der Waals surface area contributed by atoms with Gasteiger partial charge in [0.2, 0.25) is 0 Å². The first kappa shape index (κ1) is 12.7. The van der Waals surface area contributed by atoms with Crippen molar-refractivity contribution in [2.45, 2.75) is 24.2 Å². The first-order valence-electron chi connectivity index (χ1n) is 4.53. The predicted octanol–water partition coefficient (Wildman–Crippen LogP) is 3.54. The van der Waals surface area contributed by atoms with E-state index >= 15 is 0 Å². The lowest BCUT2D eigenvalue weighted by Gasteiger charge is -2.09. The normalized spacial score (nSPS) is 10.1. The average Bonchev–Trinajstić information content (AvgIpc) is 2.25. The summed E-state index contributed by atoms with van der Waals surface area (Å²) in [7, 11) is 0. The van der Waals surface area contributed by atoms with E-state index in [1.807, 2.05) is 12.1 Å². The standard InChI is InChI=1S/C11H12Br2O2/c1-8(14)15-7-11-4-9(5-12)2-3-10(11)6-13/h2-4H,5-7H2,1H3. The van der Waals surface area contributed by atoms with E-state index in [9.17, 15) is 4.79 Å². The Balaban J connectivity index is 2.85. The second-order valence-corrected chi connectivity index (χ2v) is 4.27. The fraction of sp³-hybridized carbons (Fsp3) is 0.364. The molecule has 4 heteroatoms. The number of alkyl halides is 2. The van der Waals surface area contributed by atoms with Crippen LogP contribution < -0.4 is 0 Å². The second-order valence-electron chi connectivity index (χ2n) is 3.15. The van der Waals surface area contributed by atoms with Gasteiger partial charge in [-0.3, -0.25) is 4.79 Å². The molecule has 82 valence electrons. The first-order chi connectivity index (χ1) is 7.17. The Morgan fingerprint density at radius 2 is 2.00 bits per heavy atom. The highest BCUT2D eigenvalue weighted by molar-refractivity contribution is 9.08. The van der Waals surface area contributed by atoms with Gasteiger partial charge in [0.25, 0.3) is 0 Å². The maximum atomic E-state index is 10.7. The molecule has 2 nitrogen and oxygen atoms in total. The van der Waals surface area contributed by atoms with E-state index in [0.29, 0.717) is 6.61 Å². The topological polar surface area (TPSA) is 26.3 Å². The summed E-state index contributed by atoms with van der Waals surface area (Å²) in [4.78, 5) is 10.7. The van der Waals surface area contributed by atoms with Crippen LogP contribution in [0.2, 0.25) is 0 Å². The minimum Gasteiger partial charge on any atom is -0.461 e. The molecule has 0 fully saturated rings. The third kappa shape index (κ3) is 3.95. The highest BCUT2D eigenvalue weighted by Crippen LogP contribution is 2.18. The van der Waals surface area contributed by atoms with Crippen LogP contribution in [0.25, 0.3) is 0 Å². The molecule has 1 rings (SSSR count). The third-order valence-corrected chi connectivity index (χ3v) is 3.25. The zero-order valence-corrected chi connectivity index (χ0v) is 11.6. The van der Waals surface area contributed by atoms with Crippen molar-refractivity contribution in [1.29, 1.82) is 0 Å². The van der Waals surface area contributed by atoms with Crippen LogP contribution in [0.15, 0.2) is 18.2 Å². The van der Waals surface area contributed by atoms with Crippen molar-refractivity contribution in [2.24, 2.45) is 0 Å². The predicted molar refractivity (Wildman–Crippen MR) is 67.2 cm³/mol. The Kier molecular flexibility index (Phi) is 5.32. The second kappa shape index (κ2) is 6.28. The molecular formula is C11H12Br2O2. The van der Waals surface area contributed by atoms with Gasteiger partial charge in [-0.15, -0.1) is 0 Å². The van der Waals surface area contributed by atoms with E-state index in [1.54, 1.807) is 0 Å². The molecule has 0 saturated heterocycles. The number of rotatable bonds is 4.